The lowest BCUT2D eigenvalue weighted by Crippen LogP contribution is -2.27. The Morgan fingerprint density at radius 1 is 0.943 bits per heavy atom. The van der Waals surface area contributed by atoms with Gasteiger partial charge in [0.05, 0.1) is 11.2 Å². The van der Waals surface area contributed by atoms with Crippen molar-refractivity contribution in [1.29, 1.82) is 0 Å². The molecule has 0 unspecified atom stereocenters. The van der Waals surface area contributed by atoms with E-state index in [-0.39, 0.29) is 6.73 Å². The van der Waals surface area contributed by atoms with Crippen molar-refractivity contribution in [3.05, 3.63) is 115 Å². The molecule has 0 amide bonds. The van der Waals surface area contributed by atoms with E-state index in [2.05, 4.69) is 41.1 Å². The van der Waals surface area contributed by atoms with E-state index in [9.17, 15) is 10.3 Å². The third-order valence-corrected chi connectivity index (χ3v) is 6.20. The summed E-state index contributed by atoms with van der Waals surface area (Å²) in [6, 6.07) is 23.9. The molecule has 0 spiro atoms. The molecule has 0 saturated carbocycles. The van der Waals surface area contributed by atoms with Crippen molar-refractivity contribution in [2.45, 2.75) is 0 Å². The van der Waals surface area contributed by atoms with Crippen LogP contribution in [0.25, 0.3) is 45.1 Å². The summed E-state index contributed by atoms with van der Waals surface area (Å²) in [6.45, 7) is 0.555. The third kappa shape index (κ3) is 3.78. The molecule has 7 nitrogen and oxygen atoms in total. The van der Waals surface area contributed by atoms with Crippen molar-refractivity contribution in [1.82, 2.24) is 19.0 Å². The molecule has 0 atom stereocenters. The average molecular weight is 462 g/mol. The van der Waals surface area contributed by atoms with E-state index in [1.165, 1.54) is 11.6 Å². The Morgan fingerprint density at radius 2 is 1.77 bits per heavy atom. The van der Waals surface area contributed by atoms with E-state index in [0.717, 1.165) is 27.2 Å². The summed E-state index contributed by atoms with van der Waals surface area (Å²) in [5.74, 6) is 0.712. The lowest BCUT2D eigenvalue weighted by Gasteiger charge is -2.21. The highest BCUT2D eigenvalue weighted by Gasteiger charge is 2.19. The molecule has 1 N–H and O–H groups in total. The number of aromatic nitrogens is 4. The quantitative estimate of drug-likeness (QED) is 0.311. The summed E-state index contributed by atoms with van der Waals surface area (Å²) in [6.07, 6.45) is 11.3. The molecule has 0 fully saturated rings. The number of fused-ring (bicyclic) bond motifs is 1. The van der Waals surface area contributed by atoms with Crippen LogP contribution in [0.4, 0.5) is 0 Å². The highest BCUT2D eigenvalue weighted by atomic mass is 16.5. The fraction of sp³-hybridized carbons (Fsp3) is 0.0714. The van der Waals surface area contributed by atoms with Gasteiger partial charge in [0.2, 0.25) is 5.69 Å². The molecule has 7 heteroatoms. The van der Waals surface area contributed by atoms with Crippen LogP contribution >= 0.6 is 0 Å². The van der Waals surface area contributed by atoms with E-state index in [0.29, 0.717) is 23.8 Å². The lowest BCUT2D eigenvalue weighted by atomic mass is 10.1. The Morgan fingerprint density at radius 3 is 2.60 bits per heavy atom. The molecular formula is C28H23N5O2. The van der Waals surface area contributed by atoms with Crippen molar-refractivity contribution in [3.63, 3.8) is 0 Å². The number of pyridine rings is 1. The van der Waals surface area contributed by atoms with Gasteiger partial charge in [-0.25, -0.2) is 4.98 Å². The Kier molecular flexibility index (Phi) is 5.16. The second-order valence-corrected chi connectivity index (χ2v) is 8.39. The number of aliphatic hydroxyl groups is 1. The third-order valence-electron chi connectivity index (χ3n) is 6.20. The maximum atomic E-state index is 12.4. The van der Waals surface area contributed by atoms with Gasteiger partial charge >= 0.3 is 0 Å². The first-order chi connectivity index (χ1) is 17.2. The van der Waals surface area contributed by atoms with Gasteiger partial charge in [-0.05, 0) is 53.9 Å². The van der Waals surface area contributed by atoms with Crippen molar-refractivity contribution >= 4 is 16.6 Å². The molecule has 0 radical (unpaired) electrons. The standard InChI is InChI=1S/C28H23N5O2/c34-20-30-15-5-7-24(18-30)32-19-25(27-9-3-4-16-33(27)35)29-28(32)22-10-12-23(13-11-22)31-17-14-21-6-1-2-8-26(21)31/h1-14,16-19,34H,15,20H2. The predicted octanol–water partition coefficient (Wildman–Crippen LogP) is 4.41. The SMILES string of the molecule is [O-][n+]1ccccc1-c1cn(C2=CN(CO)CC=C2)c(-c2ccc(-n3ccc4ccccc43)cc2)n1. The van der Waals surface area contributed by atoms with E-state index in [1.807, 2.05) is 59.4 Å². The predicted molar refractivity (Wildman–Crippen MR) is 136 cm³/mol. The van der Waals surface area contributed by atoms with Gasteiger partial charge in [-0.3, -0.25) is 4.57 Å². The minimum Gasteiger partial charge on any atom is -0.618 e. The Labute approximate surface area is 202 Å². The summed E-state index contributed by atoms with van der Waals surface area (Å²) in [5, 5.41) is 23.3. The normalized spacial score (nSPS) is 13.4. The van der Waals surface area contributed by atoms with Crippen molar-refractivity contribution in [2.75, 3.05) is 13.3 Å². The summed E-state index contributed by atoms with van der Waals surface area (Å²) in [7, 11) is 0. The zero-order valence-corrected chi connectivity index (χ0v) is 18.9. The minimum atomic E-state index is -0.0799. The number of imidazole rings is 1. The zero-order chi connectivity index (χ0) is 23.8. The van der Waals surface area contributed by atoms with E-state index < -0.39 is 0 Å². The van der Waals surface area contributed by atoms with Gasteiger partial charge in [-0.15, -0.1) is 0 Å². The lowest BCUT2D eigenvalue weighted by molar-refractivity contribution is -0.593. The zero-order valence-electron chi connectivity index (χ0n) is 18.9. The van der Waals surface area contributed by atoms with Gasteiger partial charge < -0.3 is 19.8 Å². The molecule has 4 heterocycles. The van der Waals surface area contributed by atoms with Gasteiger partial charge in [-0.1, -0.05) is 24.3 Å². The van der Waals surface area contributed by atoms with Crippen LogP contribution < -0.4 is 4.73 Å². The molecule has 0 bridgehead atoms. The minimum absolute atomic E-state index is 0.0799. The first-order valence-electron chi connectivity index (χ1n) is 11.4. The number of aliphatic hydroxyl groups excluding tert-OH is 1. The first-order valence-corrected chi connectivity index (χ1v) is 11.4. The Balaban J connectivity index is 1.45. The average Bonchev–Trinajstić information content (AvgIpc) is 3.54. The van der Waals surface area contributed by atoms with Crippen LogP contribution in [0, 0.1) is 5.21 Å². The number of allylic oxidation sites excluding steroid dienone is 2. The fourth-order valence-electron chi connectivity index (χ4n) is 4.44. The molecular weight excluding hydrogens is 438 g/mol. The first kappa shape index (κ1) is 20.9. The number of para-hydroxylation sites is 1. The summed E-state index contributed by atoms with van der Waals surface area (Å²) >= 11 is 0. The van der Waals surface area contributed by atoms with Gasteiger partial charge in [0.15, 0.2) is 11.9 Å². The maximum Gasteiger partial charge on any atom is 0.243 e. The second-order valence-electron chi connectivity index (χ2n) is 8.39. The van der Waals surface area contributed by atoms with E-state index in [1.54, 1.807) is 17.0 Å². The van der Waals surface area contributed by atoms with Gasteiger partial charge in [-0.2, -0.15) is 4.73 Å². The molecule has 1 aliphatic rings. The van der Waals surface area contributed by atoms with Crippen LogP contribution in [0.5, 0.6) is 0 Å². The molecule has 3 aromatic heterocycles. The molecule has 0 aliphatic carbocycles. The Hall–Kier alpha value is -4.62. The topological polar surface area (TPSA) is 73.2 Å². The fourth-order valence-corrected chi connectivity index (χ4v) is 4.44. The molecule has 5 aromatic rings. The van der Waals surface area contributed by atoms with Crippen LogP contribution in [0.15, 0.2) is 110 Å². The monoisotopic (exact) mass is 461 g/mol. The van der Waals surface area contributed by atoms with Gasteiger partial charge in [0.1, 0.15) is 12.6 Å². The van der Waals surface area contributed by atoms with Crippen LogP contribution in [0.1, 0.15) is 0 Å². The van der Waals surface area contributed by atoms with Gasteiger partial charge in [0, 0.05) is 48.5 Å². The summed E-state index contributed by atoms with van der Waals surface area (Å²) in [5.41, 5.74) is 5.02. The molecule has 0 saturated heterocycles. The Bertz CT molecular complexity index is 1580. The van der Waals surface area contributed by atoms with Crippen LogP contribution in [0.3, 0.4) is 0 Å². The molecule has 1 aliphatic heterocycles. The maximum absolute atomic E-state index is 12.4. The number of hydrogen-bond acceptors (Lipinski definition) is 4. The molecule has 6 rings (SSSR count). The van der Waals surface area contributed by atoms with Crippen molar-refractivity contribution < 1.29 is 9.84 Å². The second kappa shape index (κ2) is 8.62. The van der Waals surface area contributed by atoms with Crippen LogP contribution in [0.2, 0.25) is 0 Å². The van der Waals surface area contributed by atoms with Crippen LogP contribution in [-0.2, 0) is 0 Å². The number of rotatable bonds is 5. The van der Waals surface area contributed by atoms with E-state index >= 15 is 0 Å². The highest BCUT2D eigenvalue weighted by molar-refractivity contribution is 5.82. The largest absolute Gasteiger partial charge is 0.618 e. The van der Waals surface area contributed by atoms with Gasteiger partial charge in [0.25, 0.3) is 0 Å². The molecule has 172 valence electrons. The van der Waals surface area contributed by atoms with Crippen molar-refractivity contribution in [3.8, 4) is 28.5 Å². The number of nitrogens with zero attached hydrogens (tertiary/aromatic N) is 5. The van der Waals surface area contributed by atoms with Crippen LogP contribution in [-0.4, -0.2) is 37.4 Å². The number of hydrogen-bond donors (Lipinski definition) is 1. The van der Waals surface area contributed by atoms with Crippen molar-refractivity contribution in [2.24, 2.45) is 0 Å². The summed E-state index contributed by atoms with van der Waals surface area (Å²) in [4.78, 5) is 6.66. The summed E-state index contributed by atoms with van der Waals surface area (Å²) < 4.78 is 4.94. The molecule has 2 aromatic carbocycles. The smallest absolute Gasteiger partial charge is 0.243 e. The highest BCUT2D eigenvalue weighted by Crippen LogP contribution is 2.29. The van der Waals surface area contributed by atoms with E-state index in [4.69, 9.17) is 4.98 Å². The molecule has 35 heavy (non-hydrogen) atoms. The number of benzene rings is 2.